The van der Waals surface area contributed by atoms with E-state index in [-0.39, 0.29) is 17.4 Å². The van der Waals surface area contributed by atoms with E-state index in [1.807, 2.05) is 22.3 Å². The van der Waals surface area contributed by atoms with E-state index in [0.717, 1.165) is 41.0 Å². The molecule has 36 heavy (non-hydrogen) atoms. The van der Waals surface area contributed by atoms with E-state index in [4.69, 9.17) is 0 Å². The quantitative estimate of drug-likeness (QED) is 0.232. The molecule has 2 aromatic heterocycles. The summed E-state index contributed by atoms with van der Waals surface area (Å²) in [4.78, 5) is 18.3. The minimum Gasteiger partial charge on any atom is -0.290 e. The van der Waals surface area contributed by atoms with Gasteiger partial charge < -0.3 is 0 Å². The van der Waals surface area contributed by atoms with Gasteiger partial charge in [0.1, 0.15) is 11.6 Å². The van der Waals surface area contributed by atoms with Crippen LogP contribution >= 0.6 is 23.3 Å². The van der Waals surface area contributed by atoms with E-state index in [0.29, 0.717) is 23.7 Å². The van der Waals surface area contributed by atoms with Gasteiger partial charge in [0.15, 0.2) is 5.01 Å². The predicted octanol–water partition coefficient (Wildman–Crippen LogP) is 5.97. The largest absolute Gasteiger partial charge is 0.290 e. The van der Waals surface area contributed by atoms with E-state index in [9.17, 15) is 13.6 Å². The van der Waals surface area contributed by atoms with Crippen LogP contribution in [0.3, 0.4) is 0 Å². The van der Waals surface area contributed by atoms with E-state index in [2.05, 4.69) is 20.5 Å². The summed E-state index contributed by atoms with van der Waals surface area (Å²) in [6, 6.07) is 12.9. The first-order valence-electron chi connectivity index (χ1n) is 11.6. The van der Waals surface area contributed by atoms with Crippen molar-refractivity contribution in [1.29, 1.82) is 0 Å². The lowest BCUT2D eigenvalue weighted by molar-refractivity contribution is 0.0781. The fraction of sp³-hybridized carbons (Fsp3) is 0.222. The van der Waals surface area contributed by atoms with Crippen LogP contribution in [0.15, 0.2) is 71.9 Å². The number of hydrogen-bond donors (Lipinski definition) is 0. The number of ketones is 1. The van der Waals surface area contributed by atoms with Crippen molar-refractivity contribution in [2.45, 2.75) is 18.6 Å². The highest BCUT2D eigenvalue weighted by molar-refractivity contribution is 7.96. The maximum Gasteiger partial charge on any atom is 0.203 e. The van der Waals surface area contributed by atoms with E-state index < -0.39 is 5.41 Å². The van der Waals surface area contributed by atoms with Gasteiger partial charge in [0.2, 0.25) is 5.78 Å². The van der Waals surface area contributed by atoms with Crippen LogP contribution in [0, 0.1) is 17.0 Å². The van der Waals surface area contributed by atoms with Crippen molar-refractivity contribution in [2.75, 3.05) is 13.1 Å². The molecule has 1 saturated heterocycles. The molecule has 3 heterocycles. The number of hydrogen-bond acceptors (Lipinski definition) is 6. The van der Waals surface area contributed by atoms with Crippen molar-refractivity contribution in [2.24, 2.45) is 5.41 Å². The maximum absolute atomic E-state index is 14.0. The zero-order chi connectivity index (χ0) is 24.7. The summed E-state index contributed by atoms with van der Waals surface area (Å²) in [5.41, 5.74) is 3.92. The van der Waals surface area contributed by atoms with Gasteiger partial charge in [-0.15, -0.1) is 11.3 Å². The van der Waals surface area contributed by atoms with E-state index >= 15 is 0 Å². The summed E-state index contributed by atoms with van der Waals surface area (Å²) in [6.07, 6.45) is 6.81. The van der Waals surface area contributed by atoms with Crippen LogP contribution in [-0.2, 0) is 12.2 Å². The number of benzene rings is 2. The molecule has 2 aromatic carbocycles. The Bertz CT molecular complexity index is 1450. The molecule has 1 atom stereocenters. The number of fused-ring (bicyclic) bond motifs is 2. The third-order valence-electron chi connectivity index (χ3n) is 6.82. The smallest absolute Gasteiger partial charge is 0.203 e. The van der Waals surface area contributed by atoms with E-state index in [1.165, 1.54) is 29.5 Å². The lowest BCUT2D eigenvalue weighted by Crippen LogP contribution is -2.49. The number of aromatic nitrogens is 3. The molecule has 5 nitrogen and oxygen atoms in total. The highest BCUT2D eigenvalue weighted by Crippen LogP contribution is 2.47. The molecular formula is C27H22F2N4OS2. The van der Waals surface area contributed by atoms with Crippen molar-refractivity contribution in [1.82, 2.24) is 19.1 Å². The van der Waals surface area contributed by atoms with Crippen molar-refractivity contribution in [3.8, 4) is 5.69 Å². The summed E-state index contributed by atoms with van der Waals surface area (Å²) in [7, 11) is 0. The zero-order valence-corrected chi connectivity index (χ0v) is 20.9. The average Bonchev–Trinajstić information content (AvgIpc) is 3.56. The Morgan fingerprint density at radius 2 is 2.00 bits per heavy atom. The van der Waals surface area contributed by atoms with Crippen molar-refractivity contribution < 1.29 is 13.6 Å². The van der Waals surface area contributed by atoms with Crippen LogP contribution in [0.5, 0.6) is 0 Å². The highest BCUT2D eigenvalue weighted by Gasteiger charge is 2.49. The molecular weight excluding hydrogens is 498 g/mol. The van der Waals surface area contributed by atoms with Crippen LogP contribution in [0.4, 0.5) is 8.78 Å². The fourth-order valence-electron chi connectivity index (χ4n) is 5.05. The second kappa shape index (κ2) is 9.38. The monoisotopic (exact) mass is 520 g/mol. The van der Waals surface area contributed by atoms with Crippen LogP contribution in [0.2, 0.25) is 0 Å². The predicted molar refractivity (Wildman–Crippen MR) is 138 cm³/mol. The number of carbonyl (C=O) groups excluding carboxylic acids is 1. The van der Waals surface area contributed by atoms with Crippen LogP contribution in [0.1, 0.15) is 33.0 Å². The number of nitrogens with zero attached hydrogens (tertiary/aromatic N) is 4. The lowest BCUT2D eigenvalue weighted by Gasteiger charge is -2.44. The van der Waals surface area contributed by atoms with Crippen LogP contribution < -0.4 is 0 Å². The van der Waals surface area contributed by atoms with Crippen LogP contribution in [-0.4, -0.2) is 37.9 Å². The molecule has 4 aromatic rings. The number of thiazole rings is 1. The molecule has 2 aliphatic rings. The molecule has 0 N–H and O–H groups in total. The minimum atomic E-state index is -0.741. The molecule has 1 aliphatic carbocycles. The number of Topliss-reactive ketones (excluding diaryl/α,β-unsaturated/α-hetero) is 1. The maximum atomic E-state index is 14.0. The standard InChI is InChI=1S/C27H22F2N4OS2/c28-21-4-6-23(7-5-21)33-24-13-20-8-10-32(36-16-18-2-1-3-22(29)12-18)17-27(20,14-19(24)15-31-33)25(34)26-30-9-11-35-26/h1-7,9,11-13,15H,8,10,14,16-17H2. The van der Waals surface area contributed by atoms with Crippen molar-refractivity contribution in [3.05, 3.63) is 105 Å². The molecule has 1 aliphatic heterocycles. The molecule has 182 valence electrons. The Morgan fingerprint density at radius 1 is 1.14 bits per heavy atom. The Labute approximate surface area is 215 Å². The summed E-state index contributed by atoms with van der Waals surface area (Å²) in [5.74, 6) is 0.117. The molecule has 0 spiro atoms. The summed E-state index contributed by atoms with van der Waals surface area (Å²) >= 11 is 2.99. The first-order chi connectivity index (χ1) is 17.5. The first kappa shape index (κ1) is 23.3. The second-order valence-corrected chi connectivity index (χ2v) is 11.0. The van der Waals surface area contributed by atoms with Crippen LogP contribution in [0.25, 0.3) is 11.8 Å². The number of rotatable bonds is 6. The van der Waals surface area contributed by atoms with E-state index in [1.54, 1.807) is 42.4 Å². The first-order valence-corrected chi connectivity index (χ1v) is 13.4. The number of carbonyl (C=O) groups is 1. The normalized spacial score (nSPS) is 19.4. The highest BCUT2D eigenvalue weighted by atomic mass is 32.2. The van der Waals surface area contributed by atoms with Gasteiger partial charge in [-0.3, -0.25) is 4.79 Å². The zero-order valence-electron chi connectivity index (χ0n) is 19.2. The molecule has 0 saturated carbocycles. The van der Waals surface area contributed by atoms with Crippen molar-refractivity contribution >= 4 is 35.1 Å². The topological polar surface area (TPSA) is 51.0 Å². The SMILES string of the molecule is O=C(c1nccs1)C12Cc3cnn(-c4ccc(F)cc4)c3C=C1CCN(SCc1cccc(F)c1)C2. The third kappa shape index (κ3) is 4.21. The number of halogens is 2. The lowest BCUT2D eigenvalue weighted by atomic mass is 9.66. The molecule has 6 rings (SSSR count). The van der Waals surface area contributed by atoms with Gasteiger partial charge in [0.05, 0.1) is 23.0 Å². The van der Waals surface area contributed by atoms with Gasteiger partial charge in [-0.25, -0.2) is 22.8 Å². The second-order valence-electron chi connectivity index (χ2n) is 9.05. The summed E-state index contributed by atoms with van der Waals surface area (Å²) in [6.45, 7) is 1.32. The van der Waals surface area contributed by atoms with Gasteiger partial charge >= 0.3 is 0 Å². The fourth-order valence-corrected chi connectivity index (χ4v) is 6.76. The Morgan fingerprint density at radius 3 is 2.78 bits per heavy atom. The van der Waals surface area contributed by atoms with Gasteiger partial charge in [-0.2, -0.15) is 5.10 Å². The Hall–Kier alpha value is -3.14. The van der Waals surface area contributed by atoms with Gasteiger partial charge in [-0.1, -0.05) is 29.7 Å². The van der Waals surface area contributed by atoms with Gasteiger partial charge in [0, 0.05) is 30.4 Å². The summed E-state index contributed by atoms with van der Waals surface area (Å²) < 4.78 is 31.2. The Balaban J connectivity index is 1.34. The minimum absolute atomic E-state index is 0.0278. The summed E-state index contributed by atoms with van der Waals surface area (Å²) in [5, 5.41) is 6.92. The molecule has 0 bridgehead atoms. The Kier molecular flexibility index (Phi) is 6.07. The van der Waals surface area contributed by atoms with Gasteiger partial charge in [0.25, 0.3) is 0 Å². The van der Waals surface area contributed by atoms with Gasteiger partial charge in [-0.05, 0) is 66.4 Å². The molecule has 9 heteroatoms. The average molecular weight is 521 g/mol. The molecule has 0 amide bonds. The third-order valence-corrected chi connectivity index (χ3v) is 8.73. The molecule has 0 radical (unpaired) electrons. The molecule has 1 unspecified atom stereocenters. The number of piperidine rings is 1. The van der Waals surface area contributed by atoms with Crippen molar-refractivity contribution in [3.63, 3.8) is 0 Å². The molecule has 1 fully saturated rings.